The zero-order valence-electron chi connectivity index (χ0n) is 35.3. The number of hydrogen-bond acceptors (Lipinski definition) is 4. The maximum Gasteiger partial charge on any atom is 0.198 e. The lowest BCUT2D eigenvalue weighted by molar-refractivity contribution is 0.669. The van der Waals surface area contributed by atoms with Gasteiger partial charge in [-0.3, -0.25) is 0 Å². The van der Waals surface area contributed by atoms with E-state index in [9.17, 15) is 0 Å². The summed E-state index contributed by atoms with van der Waals surface area (Å²) in [7, 11) is 7.10. The SMILES string of the molecule is C=C1C=C(c2ccccc2)N(C)c2cc3c(cc21)Bc1c(-c2cc4c(cc2Nc2ccc(N(C)C)cc2)oc2ccccc24)cc(C)c2c4cc(-c5ccccc5)ccc4n-3c12. The van der Waals surface area contributed by atoms with Crippen molar-refractivity contribution in [1.82, 2.24) is 4.57 Å². The maximum absolute atomic E-state index is 6.53. The molecule has 0 saturated carbocycles. The summed E-state index contributed by atoms with van der Waals surface area (Å²) in [6.07, 6.45) is 2.23. The largest absolute Gasteiger partial charge is 0.456 e. The molecule has 296 valence electrons. The Hall–Kier alpha value is -7.70. The van der Waals surface area contributed by atoms with Crippen LogP contribution in [0, 0.1) is 6.92 Å². The highest BCUT2D eigenvalue weighted by Crippen LogP contribution is 2.45. The Morgan fingerprint density at radius 3 is 2.15 bits per heavy atom. The molecule has 6 heteroatoms. The summed E-state index contributed by atoms with van der Waals surface area (Å²) >= 11 is 0. The van der Waals surface area contributed by atoms with Crippen molar-refractivity contribution in [3.05, 3.63) is 187 Å². The smallest absolute Gasteiger partial charge is 0.198 e. The van der Waals surface area contributed by atoms with E-state index < -0.39 is 0 Å². The average molecular weight is 799 g/mol. The number of aryl methyl sites for hydroxylation is 1. The van der Waals surface area contributed by atoms with Gasteiger partial charge in [-0.15, -0.1) is 0 Å². The molecule has 4 heterocycles. The molecule has 2 aromatic heterocycles. The van der Waals surface area contributed by atoms with Crippen LogP contribution in [0.3, 0.4) is 0 Å². The lowest BCUT2D eigenvalue weighted by atomic mass is 9.58. The van der Waals surface area contributed by atoms with Crippen LogP contribution in [0.1, 0.15) is 16.7 Å². The van der Waals surface area contributed by atoms with Crippen molar-refractivity contribution < 1.29 is 4.42 Å². The van der Waals surface area contributed by atoms with Crippen molar-refractivity contribution in [2.75, 3.05) is 36.3 Å². The second kappa shape index (κ2) is 13.7. The van der Waals surface area contributed by atoms with Gasteiger partial charge in [-0.1, -0.05) is 109 Å². The Balaban J connectivity index is 1.13. The fourth-order valence-corrected chi connectivity index (χ4v) is 10.1. The molecular formula is C56H43BN4O. The molecule has 5 nitrogen and oxygen atoms in total. The number of aromatic nitrogens is 1. The van der Waals surface area contributed by atoms with E-state index >= 15 is 0 Å². The fraction of sp³-hybridized carbons (Fsp3) is 0.0714. The Kier molecular flexibility index (Phi) is 7.97. The highest BCUT2D eigenvalue weighted by molar-refractivity contribution is 6.73. The second-order valence-corrected chi connectivity index (χ2v) is 17.1. The van der Waals surface area contributed by atoms with Crippen molar-refractivity contribution >= 4 is 96.0 Å². The number of benzene rings is 8. The Morgan fingerprint density at radius 1 is 0.629 bits per heavy atom. The molecule has 0 bridgehead atoms. The summed E-state index contributed by atoms with van der Waals surface area (Å²) in [5, 5.41) is 8.63. The predicted molar refractivity (Wildman–Crippen MR) is 266 cm³/mol. The molecule has 0 fully saturated rings. The Morgan fingerprint density at radius 2 is 1.37 bits per heavy atom. The van der Waals surface area contributed by atoms with Gasteiger partial charge < -0.3 is 24.1 Å². The van der Waals surface area contributed by atoms with Gasteiger partial charge in [0.05, 0.1) is 16.9 Å². The van der Waals surface area contributed by atoms with Crippen LogP contribution in [0.2, 0.25) is 0 Å². The zero-order chi connectivity index (χ0) is 41.8. The minimum atomic E-state index is 0.768. The van der Waals surface area contributed by atoms with E-state index in [1.54, 1.807) is 0 Å². The molecule has 12 rings (SSSR count). The average Bonchev–Trinajstić information content (AvgIpc) is 3.85. The molecule has 2 aliphatic heterocycles. The number of allylic oxidation sites excluding steroid dienone is 2. The molecule has 0 amide bonds. The zero-order valence-corrected chi connectivity index (χ0v) is 35.3. The van der Waals surface area contributed by atoms with Crippen molar-refractivity contribution in [2.24, 2.45) is 0 Å². The molecule has 0 radical (unpaired) electrons. The number of para-hydroxylation sites is 1. The highest BCUT2D eigenvalue weighted by Gasteiger charge is 2.31. The van der Waals surface area contributed by atoms with Crippen molar-refractivity contribution in [3.8, 4) is 27.9 Å². The van der Waals surface area contributed by atoms with Crippen LogP contribution < -0.4 is 26.0 Å². The van der Waals surface area contributed by atoms with E-state index in [-0.39, 0.29) is 0 Å². The van der Waals surface area contributed by atoms with Gasteiger partial charge in [0.15, 0.2) is 7.28 Å². The minimum absolute atomic E-state index is 0.768. The number of nitrogens with one attached hydrogen (secondary N) is 1. The van der Waals surface area contributed by atoms with Gasteiger partial charge in [0, 0.05) is 88.2 Å². The summed E-state index contributed by atoms with van der Waals surface area (Å²) in [4.78, 5) is 4.46. The topological polar surface area (TPSA) is 36.6 Å². The van der Waals surface area contributed by atoms with Crippen molar-refractivity contribution in [2.45, 2.75) is 6.92 Å². The Bertz CT molecular complexity index is 3520. The number of furan rings is 1. The van der Waals surface area contributed by atoms with E-state index in [1.165, 1.54) is 66.2 Å². The van der Waals surface area contributed by atoms with E-state index in [0.29, 0.717) is 0 Å². The first-order valence-electron chi connectivity index (χ1n) is 21.3. The molecule has 1 N–H and O–H groups in total. The van der Waals surface area contributed by atoms with Gasteiger partial charge in [-0.2, -0.15) is 0 Å². The third-order valence-electron chi connectivity index (χ3n) is 13.2. The van der Waals surface area contributed by atoms with Crippen LogP contribution >= 0.6 is 0 Å². The predicted octanol–water partition coefficient (Wildman–Crippen LogP) is 12.3. The third-order valence-corrected chi connectivity index (χ3v) is 13.2. The monoisotopic (exact) mass is 798 g/mol. The van der Waals surface area contributed by atoms with Crippen LogP contribution in [-0.4, -0.2) is 33.0 Å². The quantitative estimate of drug-likeness (QED) is 0.170. The lowest BCUT2D eigenvalue weighted by Gasteiger charge is -2.33. The molecule has 62 heavy (non-hydrogen) atoms. The second-order valence-electron chi connectivity index (χ2n) is 17.1. The third kappa shape index (κ3) is 5.49. The maximum atomic E-state index is 6.53. The standard InChI is InChI=1S/C56H43BN4O/c1-33-27-49(36-16-10-7-11-17-36)60(5)50-32-51-46(30-41(33)50)57-55-44(26-34(2)54-45-28-37(35-14-8-6-9-15-35)20-25-48(45)61(51)56(54)55)42-29-43-40-18-12-13-19-52(40)62-53(43)31-47(42)58-38-21-23-39(24-22-38)59(3)4/h6-32,57-58H,1H2,2-5H3. The normalized spacial score (nSPS) is 13.1. The van der Waals surface area contributed by atoms with Crippen LogP contribution in [0.4, 0.5) is 22.7 Å². The molecule has 0 saturated heterocycles. The molecule has 0 atom stereocenters. The number of nitrogens with zero attached hydrogens (tertiary/aromatic N) is 3. The van der Waals surface area contributed by atoms with Crippen LogP contribution in [0.5, 0.6) is 0 Å². The lowest BCUT2D eigenvalue weighted by Crippen LogP contribution is -2.38. The van der Waals surface area contributed by atoms with E-state index in [2.05, 4.69) is 212 Å². The summed E-state index contributed by atoms with van der Waals surface area (Å²) in [5.41, 5.74) is 22.9. The van der Waals surface area contributed by atoms with Gasteiger partial charge in [0.2, 0.25) is 0 Å². The summed E-state index contributed by atoms with van der Waals surface area (Å²) in [5.74, 6) is 0. The van der Waals surface area contributed by atoms with Crippen LogP contribution in [0.25, 0.3) is 83.0 Å². The van der Waals surface area contributed by atoms with E-state index in [0.717, 1.165) is 74.4 Å². The van der Waals surface area contributed by atoms with Gasteiger partial charge in [0.25, 0.3) is 0 Å². The van der Waals surface area contributed by atoms with Gasteiger partial charge in [0.1, 0.15) is 11.2 Å². The molecule has 0 unspecified atom stereocenters. The first-order chi connectivity index (χ1) is 30.3. The number of hydrogen-bond donors (Lipinski definition) is 1. The number of anilines is 4. The molecule has 8 aromatic carbocycles. The molecule has 0 spiro atoms. The summed E-state index contributed by atoms with van der Waals surface area (Å²) < 4.78 is 9.08. The first-order valence-corrected chi connectivity index (χ1v) is 21.3. The van der Waals surface area contributed by atoms with E-state index in [4.69, 9.17) is 4.42 Å². The summed E-state index contributed by atoms with van der Waals surface area (Å²) in [6.45, 7) is 6.93. The van der Waals surface area contributed by atoms with Gasteiger partial charge in [-0.25, -0.2) is 0 Å². The van der Waals surface area contributed by atoms with Crippen LogP contribution in [-0.2, 0) is 0 Å². The van der Waals surface area contributed by atoms with Gasteiger partial charge >= 0.3 is 0 Å². The van der Waals surface area contributed by atoms with E-state index in [1.807, 2.05) is 6.07 Å². The molecular weight excluding hydrogens is 755 g/mol. The first kappa shape index (κ1) is 36.2. The van der Waals surface area contributed by atoms with Crippen molar-refractivity contribution in [3.63, 3.8) is 0 Å². The Labute approximate surface area is 361 Å². The molecule has 2 aliphatic rings. The molecule has 10 aromatic rings. The van der Waals surface area contributed by atoms with Crippen LogP contribution in [0.15, 0.2) is 175 Å². The van der Waals surface area contributed by atoms with Gasteiger partial charge in [-0.05, 0) is 106 Å². The fourth-order valence-electron chi connectivity index (χ4n) is 10.1. The highest BCUT2D eigenvalue weighted by atomic mass is 16.3. The van der Waals surface area contributed by atoms with Crippen molar-refractivity contribution in [1.29, 1.82) is 0 Å². The summed E-state index contributed by atoms with van der Waals surface area (Å²) in [6, 6.07) is 57.2. The molecule has 0 aliphatic carbocycles. The number of fused-ring (bicyclic) bond motifs is 9. The minimum Gasteiger partial charge on any atom is -0.456 e. The number of rotatable bonds is 6.